The first kappa shape index (κ1) is 12.4. The van der Waals surface area contributed by atoms with Crippen molar-refractivity contribution in [3.05, 3.63) is 60.2 Å². The third-order valence-electron chi connectivity index (χ3n) is 2.26. The van der Waals surface area contributed by atoms with Gasteiger partial charge in [0.25, 0.3) is 0 Å². The van der Waals surface area contributed by atoms with Gasteiger partial charge in [-0.3, -0.25) is 4.98 Å². The molecule has 0 radical (unpaired) electrons. The lowest BCUT2D eigenvalue weighted by Gasteiger charge is -2.10. The lowest BCUT2D eigenvalue weighted by molar-refractivity contribution is 0.625. The standard InChI is InChI=1S/C13H12FN3S/c14-11-4-1-3-10(7-11)8-16-13(18)17-12-5-2-6-15-9-12/h1-7,9H,8H2,(H2,16,17,18). The number of anilines is 1. The van der Waals surface area contributed by atoms with Gasteiger partial charge in [0.15, 0.2) is 5.11 Å². The van der Waals surface area contributed by atoms with Crippen LogP contribution in [-0.4, -0.2) is 10.1 Å². The maximum Gasteiger partial charge on any atom is 0.171 e. The van der Waals surface area contributed by atoms with E-state index in [0.29, 0.717) is 11.7 Å². The van der Waals surface area contributed by atoms with Crippen LogP contribution >= 0.6 is 12.2 Å². The molecule has 0 amide bonds. The predicted molar refractivity (Wildman–Crippen MR) is 73.7 cm³/mol. The Balaban J connectivity index is 1.85. The van der Waals surface area contributed by atoms with E-state index in [1.807, 2.05) is 18.2 Å². The Hall–Kier alpha value is -2.01. The summed E-state index contributed by atoms with van der Waals surface area (Å²) in [5.41, 5.74) is 1.65. The number of hydrogen-bond acceptors (Lipinski definition) is 2. The van der Waals surface area contributed by atoms with E-state index in [-0.39, 0.29) is 5.82 Å². The highest BCUT2D eigenvalue weighted by Gasteiger charge is 1.98. The molecule has 18 heavy (non-hydrogen) atoms. The molecule has 5 heteroatoms. The predicted octanol–water partition coefficient (Wildman–Crippen LogP) is 2.71. The molecule has 0 spiro atoms. The minimum absolute atomic E-state index is 0.250. The summed E-state index contributed by atoms with van der Waals surface area (Å²) in [4.78, 5) is 3.97. The SMILES string of the molecule is Fc1cccc(CNC(=S)Nc2cccnc2)c1. The van der Waals surface area contributed by atoms with Crippen LogP contribution in [0.1, 0.15) is 5.56 Å². The van der Waals surface area contributed by atoms with Crippen molar-refractivity contribution >= 4 is 23.0 Å². The molecule has 2 N–H and O–H groups in total. The van der Waals surface area contributed by atoms with Crippen molar-refractivity contribution in [3.63, 3.8) is 0 Å². The molecule has 0 saturated heterocycles. The summed E-state index contributed by atoms with van der Waals surface area (Å²) in [6.07, 6.45) is 3.37. The van der Waals surface area contributed by atoms with Gasteiger partial charge in [-0.2, -0.15) is 0 Å². The lowest BCUT2D eigenvalue weighted by Crippen LogP contribution is -2.27. The first-order chi connectivity index (χ1) is 8.74. The van der Waals surface area contributed by atoms with Crippen LogP contribution in [0.15, 0.2) is 48.8 Å². The third kappa shape index (κ3) is 3.78. The zero-order valence-corrected chi connectivity index (χ0v) is 10.4. The summed E-state index contributed by atoms with van der Waals surface area (Å²) in [7, 11) is 0. The highest BCUT2D eigenvalue weighted by molar-refractivity contribution is 7.80. The summed E-state index contributed by atoms with van der Waals surface area (Å²) in [5, 5.41) is 6.47. The molecule has 0 atom stereocenters. The largest absolute Gasteiger partial charge is 0.358 e. The average Bonchev–Trinajstić information content (AvgIpc) is 2.38. The molecular formula is C13H12FN3S. The average molecular weight is 261 g/mol. The van der Waals surface area contributed by atoms with Crippen LogP contribution in [0, 0.1) is 5.82 Å². The monoisotopic (exact) mass is 261 g/mol. The molecular weight excluding hydrogens is 249 g/mol. The molecule has 2 rings (SSSR count). The summed E-state index contributed by atoms with van der Waals surface area (Å²) >= 11 is 5.12. The quantitative estimate of drug-likeness (QED) is 0.833. The van der Waals surface area contributed by atoms with Crippen molar-refractivity contribution in [2.75, 3.05) is 5.32 Å². The first-order valence-corrected chi connectivity index (χ1v) is 5.84. The molecule has 0 bridgehead atoms. The van der Waals surface area contributed by atoms with Crippen LogP contribution in [0.2, 0.25) is 0 Å². The lowest BCUT2D eigenvalue weighted by atomic mass is 10.2. The fourth-order valence-corrected chi connectivity index (χ4v) is 1.63. The summed E-state index contributed by atoms with van der Waals surface area (Å²) < 4.78 is 13.0. The van der Waals surface area contributed by atoms with Crippen molar-refractivity contribution in [1.29, 1.82) is 0 Å². The van der Waals surface area contributed by atoms with E-state index < -0.39 is 0 Å². The molecule has 0 aliphatic carbocycles. The molecule has 1 aromatic heterocycles. The molecule has 0 unspecified atom stereocenters. The molecule has 0 aliphatic heterocycles. The van der Waals surface area contributed by atoms with Gasteiger partial charge in [0.1, 0.15) is 5.82 Å². The van der Waals surface area contributed by atoms with E-state index in [4.69, 9.17) is 12.2 Å². The molecule has 92 valence electrons. The van der Waals surface area contributed by atoms with Crippen LogP contribution in [0.25, 0.3) is 0 Å². The normalized spacial score (nSPS) is 9.83. The number of nitrogens with one attached hydrogen (secondary N) is 2. The number of hydrogen-bond donors (Lipinski definition) is 2. The van der Waals surface area contributed by atoms with Crippen molar-refractivity contribution in [3.8, 4) is 0 Å². The van der Waals surface area contributed by atoms with Gasteiger partial charge in [-0.05, 0) is 42.0 Å². The molecule has 2 aromatic rings. The van der Waals surface area contributed by atoms with E-state index in [1.54, 1.807) is 18.5 Å². The van der Waals surface area contributed by atoms with E-state index in [0.717, 1.165) is 11.3 Å². The maximum atomic E-state index is 13.0. The van der Waals surface area contributed by atoms with Crippen molar-refractivity contribution < 1.29 is 4.39 Å². The van der Waals surface area contributed by atoms with E-state index in [1.165, 1.54) is 12.1 Å². The molecule has 0 fully saturated rings. The van der Waals surface area contributed by atoms with Crippen LogP contribution < -0.4 is 10.6 Å². The van der Waals surface area contributed by atoms with E-state index in [2.05, 4.69) is 15.6 Å². The number of thiocarbonyl (C=S) groups is 1. The number of benzene rings is 1. The first-order valence-electron chi connectivity index (χ1n) is 5.43. The van der Waals surface area contributed by atoms with Gasteiger partial charge < -0.3 is 10.6 Å². The smallest absolute Gasteiger partial charge is 0.171 e. The second-order valence-corrected chi connectivity index (χ2v) is 4.09. The Bertz CT molecular complexity index is 531. The van der Waals surface area contributed by atoms with Crippen molar-refractivity contribution in [1.82, 2.24) is 10.3 Å². The van der Waals surface area contributed by atoms with Crippen LogP contribution in [0.3, 0.4) is 0 Å². The number of pyridine rings is 1. The van der Waals surface area contributed by atoms with E-state index in [9.17, 15) is 4.39 Å². The minimum atomic E-state index is -0.250. The van der Waals surface area contributed by atoms with Gasteiger partial charge >= 0.3 is 0 Å². The number of halogens is 1. The Morgan fingerprint density at radius 2 is 2.17 bits per heavy atom. The second-order valence-electron chi connectivity index (χ2n) is 3.68. The molecule has 0 saturated carbocycles. The maximum absolute atomic E-state index is 13.0. The van der Waals surface area contributed by atoms with Crippen LogP contribution in [-0.2, 0) is 6.54 Å². The highest BCUT2D eigenvalue weighted by atomic mass is 32.1. The summed E-state index contributed by atoms with van der Waals surface area (Å²) in [5.74, 6) is -0.250. The van der Waals surface area contributed by atoms with Crippen molar-refractivity contribution in [2.45, 2.75) is 6.54 Å². The number of rotatable bonds is 3. The van der Waals surface area contributed by atoms with Gasteiger partial charge in [-0.1, -0.05) is 12.1 Å². The van der Waals surface area contributed by atoms with Gasteiger partial charge in [0, 0.05) is 12.7 Å². The Morgan fingerprint density at radius 1 is 1.28 bits per heavy atom. The zero-order valence-electron chi connectivity index (χ0n) is 9.56. The molecule has 1 aromatic carbocycles. The van der Waals surface area contributed by atoms with Gasteiger partial charge in [-0.25, -0.2) is 4.39 Å². The summed E-state index contributed by atoms with van der Waals surface area (Å²) in [6, 6.07) is 10.1. The van der Waals surface area contributed by atoms with Crippen LogP contribution in [0.5, 0.6) is 0 Å². The van der Waals surface area contributed by atoms with Gasteiger partial charge in [-0.15, -0.1) is 0 Å². The van der Waals surface area contributed by atoms with Gasteiger partial charge in [0.05, 0.1) is 11.9 Å². The van der Waals surface area contributed by atoms with Gasteiger partial charge in [0.2, 0.25) is 0 Å². The Morgan fingerprint density at radius 3 is 2.89 bits per heavy atom. The third-order valence-corrected chi connectivity index (χ3v) is 2.51. The number of aromatic nitrogens is 1. The fourth-order valence-electron chi connectivity index (χ4n) is 1.44. The minimum Gasteiger partial charge on any atom is -0.358 e. The van der Waals surface area contributed by atoms with Crippen LogP contribution in [0.4, 0.5) is 10.1 Å². The van der Waals surface area contributed by atoms with Crippen molar-refractivity contribution in [2.24, 2.45) is 0 Å². The molecule has 1 heterocycles. The molecule has 0 aliphatic rings. The molecule has 3 nitrogen and oxygen atoms in total. The Kier molecular flexibility index (Phi) is 4.20. The zero-order chi connectivity index (χ0) is 12.8. The second kappa shape index (κ2) is 6.07. The van der Waals surface area contributed by atoms with E-state index >= 15 is 0 Å². The summed E-state index contributed by atoms with van der Waals surface area (Å²) in [6.45, 7) is 0.476. The number of nitrogens with zero attached hydrogens (tertiary/aromatic N) is 1. The fraction of sp³-hybridized carbons (Fsp3) is 0.0769. The topological polar surface area (TPSA) is 37.0 Å². The Labute approximate surface area is 110 Å². The highest BCUT2D eigenvalue weighted by Crippen LogP contribution is 2.04.